The SMILES string of the molecule is CCCC1(F)CN[C@H](C(=O)N[C@@H]([C@@H](C)[C@H](O)[C@H](O)[C@@H](O)[C@H](O)SC)[C@H](C)Cl)C1. The second-order valence-corrected chi connectivity index (χ2v) is 9.35. The number of thioether (sulfide) groups is 1. The molecule has 0 saturated carbocycles. The molecule has 0 aliphatic carbocycles. The van der Waals surface area contributed by atoms with Gasteiger partial charge in [0.05, 0.1) is 23.6 Å². The molecule has 166 valence electrons. The number of carbonyl (C=O) groups excluding carboxylic acids is 1. The van der Waals surface area contributed by atoms with Crippen LogP contribution in [0.15, 0.2) is 0 Å². The predicted octanol–water partition coefficient (Wildman–Crippen LogP) is 0.369. The van der Waals surface area contributed by atoms with Gasteiger partial charge in [0.1, 0.15) is 23.3 Å². The highest BCUT2D eigenvalue weighted by Gasteiger charge is 2.43. The highest BCUT2D eigenvalue weighted by atomic mass is 35.5. The molecule has 0 spiro atoms. The molecule has 6 N–H and O–H groups in total. The highest BCUT2D eigenvalue weighted by Crippen LogP contribution is 2.29. The first-order chi connectivity index (χ1) is 13.0. The zero-order chi connectivity index (χ0) is 21.6. The molecule has 1 saturated heterocycles. The van der Waals surface area contributed by atoms with E-state index in [9.17, 15) is 29.6 Å². The molecule has 9 atom stereocenters. The molecule has 1 heterocycles. The number of aliphatic hydroxyl groups is 4. The molecule has 10 heteroatoms. The molecule has 0 radical (unpaired) electrons. The Morgan fingerprint density at radius 3 is 2.39 bits per heavy atom. The van der Waals surface area contributed by atoms with Crippen LogP contribution in [0.3, 0.4) is 0 Å². The summed E-state index contributed by atoms with van der Waals surface area (Å²) in [5.74, 6) is -1.16. The number of nitrogens with one attached hydrogen (secondary N) is 2. The van der Waals surface area contributed by atoms with Gasteiger partial charge >= 0.3 is 0 Å². The van der Waals surface area contributed by atoms with Crippen molar-refractivity contribution >= 4 is 29.3 Å². The summed E-state index contributed by atoms with van der Waals surface area (Å²) in [6.45, 7) is 5.20. The van der Waals surface area contributed by atoms with E-state index in [-0.39, 0.29) is 13.0 Å². The molecule has 0 aromatic rings. The van der Waals surface area contributed by atoms with Crippen LogP contribution < -0.4 is 10.6 Å². The van der Waals surface area contributed by atoms with Crippen LogP contribution in [-0.4, -0.2) is 86.0 Å². The fraction of sp³-hybridized carbons (Fsp3) is 0.944. The minimum Gasteiger partial charge on any atom is -0.390 e. The number of hydrogen-bond acceptors (Lipinski definition) is 7. The second-order valence-electron chi connectivity index (χ2n) is 7.71. The van der Waals surface area contributed by atoms with E-state index in [0.29, 0.717) is 12.8 Å². The van der Waals surface area contributed by atoms with Crippen LogP contribution in [-0.2, 0) is 4.79 Å². The van der Waals surface area contributed by atoms with E-state index in [2.05, 4.69) is 10.6 Å². The van der Waals surface area contributed by atoms with E-state index >= 15 is 0 Å². The van der Waals surface area contributed by atoms with Crippen molar-refractivity contribution < 1.29 is 29.6 Å². The molecule has 0 aromatic carbocycles. The molecule has 1 aliphatic rings. The van der Waals surface area contributed by atoms with E-state index in [1.807, 2.05) is 6.92 Å². The first-order valence-corrected chi connectivity index (χ1v) is 11.3. The second kappa shape index (κ2) is 11.3. The molecule has 0 bridgehead atoms. The summed E-state index contributed by atoms with van der Waals surface area (Å²) in [6.07, 6.45) is -1.96. The Balaban J connectivity index is 2.77. The maximum absolute atomic E-state index is 14.6. The molecule has 7 nitrogen and oxygen atoms in total. The Labute approximate surface area is 175 Å². The van der Waals surface area contributed by atoms with Gasteiger partial charge in [0.2, 0.25) is 5.91 Å². The largest absolute Gasteiger partial charge is 0.390 e. The lowest BCUT2D eigenvalue weighted by Crippen LogP contribution is -2.56. The molecule has 1 rings (SSSR count). The Kier molecular flexibility index (Phi) is 10.4. The maximum atomic E-state index is 14.6. The van der Waals surface area contributed by atoms with Crippen molar-refractivity contribution in [1.29, 1.82) is 0 Å². The van der Waals surface area contributed by atoms with Gasteiger partial charge in [-0.3, -0.25) is 4.79 Å². The van der Waals surface area contributed by atoms with Gasteiger partial charge in [-0.2, -0.15) is 0 Å². The van der Waals surface area contributed by atoms with Crippen molar-refractivity contribution in [3.05, 3.63) is 0 Å². The minimum absolute atomic E-state index is 0.0637. The average molecular weight is 445 g/mol. The topological polar surface area (TPSA) is 122 Å². The Morgan fingerprint density at radius 2 is 1.89 bits per heavy atom. The molecule has 1 aliphatic heterocycles. The van der Waals surface area contributed by atoms with E-state index in [1.54, 1.807) is 20.1 Å². The van der Waals surface area contributed by atoms with Gasteiger partial charge in [-0.1, -0.05) is 20.3 Å². The van der Waals surface area contributed by atoms with Crippen molar-refractivity contribution in [3.63, 3.8) is 0 Å². The third-order valence-corrected chi connectivity index (χ3v) is 6.43. The van der Waals surface area contributed by atoms with Gasteiger partial charge in [0.25, 0.3) is 0 Å². The molecule has 1 fully saturated rings. The quantitative estimate of drug-likeness (QED) is 0.201. The molecular formula is C18H34ClFN2O5S. The van der Waals surface area contributed by atoms with Crippen molar-refractivity contribution in [2.45, 2.75) is 86.9 Å². The van der Waals surface area contributed by atoms with Gasteiger partial charge < -0.3 is 31.1 Å². The number of rotatable bonds is 11. The van der Waals surface area contributed by atoms with Gasteiger partial charge in [-0.25, -0.2) is 4.39 Å². The number of alkyl halides is 2. The third-order valence-electron chi connectivity index (χ3n) is 5.39. The standard InChI is InChI=1S/C18H34ClFN2O5S/c1-5-6-18(20)7-11(21-8-18)16(26)22-12(10(3)19)9(2)13(23)14(24)15(25)17(27)28-4/h9-15,17,21,23-25,27H,5-8H2,1-4H3,(H,22,26)/t9-,10+,11+,12+,13+,14+,15-,17-,18?/m1/s1. The maximum Gasteiger partial charge on any atom is 0.237 e. The van der Waals surface area contributed by atoms with Gasteiger partial charge in [-0.05, 0) is 19.6 Å². The highest BCUT2D eigenvalue weighted by molar-refractivity contribution is 7.99. The number of aliphatic hydroxyl groups excluding tert-OH is 4. The molecular weight excluding hydrogens is 411 g/mol. The van der Waals surface area contributed by atoms with Crippen LogP contribution in [0.5, 0.6) is 0 Å². The number of halogens is 2. The van der Waals surface area contributed by atoms with Crippen molar-refractivity contribution in [3.8, 4) is 0 Å². The lowest BCUT2D eigenvalue weighted by Gasteiger charge is -2.35. The summed E-state index contributed by atoms with van der Waals surface area (Å²) in [4.78, 5) is 12.6. The Hall–Kier alpha value is -0.160. The number of amides is 1. The number of carbonyl (C=O) groups is 1. The minimum atomic E-state index is -1.63. The molecule has 0 aromatic heterocycles. The van der Waals surface area contributed by atoms with Crippen molar-refractivity contribution in [2.24, 2.45) is 5.92 Å². The summed E-state index contributed by atoms with van der Waals surface area (Å²) in [5, 5.41) is 45.2. The van der Waals surface area contributed by atoms with E-state index in [4.69, 9.17) is 11.6 Å². The fourth-order valence-electron chi connectivity index (χ4n) is 3.60. The first kappa shape index (κ1) is 25.9. The fourth-order valence-corrected chi connectivity index (χ4v) is 4.34. The van der Waals surface area contributed by atoms with Crippen LogP contribution in [0.2, 0.25) is 0 Å². The zero-order valence-electron chi connectivity index (χ0n) is 16.8. The first-order valence-electron chi connectivity index (χ1n) is 9.59. The summed E-state index contributed by atoms with van der Waals surface area (Å²) >= 11 is 7.13. The van der Waals surface area contributed by atoms with Crippen LogP contribution in [0.4, 0.5) is 4.39 Å². The van der Waals surface area contributed by atoms with Crippen LogP contribution in [0.25, 0.3) is 0 Å². The van der Waals surface area contributed by atoms with Crippen LogP contribution in [0, 0.1) is 5.92 Å². The number of hydrogen-bond donors (Lipinski definition) is 6. The van der Waals surface area contributed by atoms with Crippen molar-refractivity contribution in [1.82, 2.24) is 10.6 Å². The molecule has 28 heavy (non-hydrogen) atoms. The normalized spacial score (nSPS) is 30.1. The van der Waals surface area contributed by atoms with Gasteiger partial charge in [0, 0.05) is 18.9 Å². The van der Waals surface area contributed by atoms with E-state index in [1.165, 1.54) is 0 Å². The monoisotopic (exact) mass is 444 g/mol. The van der Waals surface area contributed by atoms with E-state index < -0.39 is 58.7 Å². The van der Waals surface area contributed by atoms with Crippen LogP contribution >= 0.6 is 23.4 Å². The van der Waals surface area contributed by atoms with Gasteiger partial charge in [0.15, 0.2) is 0 Å². The van der Waals surface area contributed by atoms with E-state index in [0.717, 1.165) is 11.8 Å². The lowest BCUT2D eigenvalue weighted by atomic mass is 9.88. The third kappa shape index (κ3) is 6.68. The Morgan fingerprint density at radius 1 is 1.29 bits per heavy atom. The summed E-state index contributed by atoms with van der Waals surface area (Å²) < 4.78 is 14.6. The molecule has 1 amide bonds. The summed E-state index contributed by atoms with van der Waals surface area (Å²) in [6, 6.07) is -1.44. The van der Waals surface area contributed by atoms with Gasteiger partial charge in [-0.15, -0.1) is 23.4 Å². The average Bonchev–Trinajstić information content (AvgIpc) is 3.04. The predicted molar refractivity (Wildman–Crippen MR) is 109 cm³/mol. The lowest BCUT2D eigenvalue weighted by molar-refractivity contribution is -0.126. The zero-order valence-corrected chi connectivity index (χ0v) is 18.4. The summed E-state index contributed by atoms with van der Waals surface area (Å²) in [7, 11) is 0. The van der Waals surface area contributed by atoms with Crippen molar-refractivity contribution in [2.75, 3.05) is 12.8 Å². The Bertz CT molecular complexity index is 507. The van der Waals surface area contributed by atoms with Crippen LogP contribution in [0.1, 0.15) is 40.0 Å². The smallest absolute Gasteiger partial charge is 0.237 e. The summed E-state index contributed by atoms with van der Waals surface area (Å²) in [5.41, 5.74) is -2.68. The molecule has 1 unspecified atom stereocenters.